The summed E-state index contributed by atoms with van der Waals surface area (Å²) in [5.74, 6) is -0.124. The van der Waals surface area contributed by atoms with Gasteiger partial charge < -0.3 is 15.0 Å². The van der Waals surface area contributed by atoms with Crippen LogP contribution in [0.5, 0.6) is 0 Å². The monoisotopic (exact) mass is 294 g/mol. The Bertz CT molecular complexity index is 430. The maximum atomic E-state index is 12.2. The van der Waals surface area contributed by atoms with Crippen LogP contribution >= 0.6 is 0 Å². The number of hydrogen-bond donors (Lipinski definition) is 1. The number of nitrogens with one attached hydrogen (secondary N) is 1. The third-order valence-electron chi connectivity index (χ3n) is 3.79. The normalized spacial score (nSPS) is 22.4. The summed E-state index contributed by atoms with van der Waals surface area (Å²) >= 11 is 0. The lowest BCUT2D eigenvalue weighted by Crippen LogP contribution is -2.56. The van der Waals surface area contributed by atoms with E-state index >= 15 is 0 Å². The van der Waals surface area contributed by atoms with Crippen molar-refractivity contribution in [1.29, 1.82) is 5.26 Å². The lowest BCUT2D eigenvalue weighted by atomic mass is 10.2. The molecule has 0 spiro atoms. The topological polar surface area (TPSA) is 85.7 Å². The van der Waals surface area contributed by atoms with E-state index in [0.29, 0.717) is 38.8 Å². The predicted molar refractivity (Wildman–Crippen MR) is 75.2 cm³/mol. The average molecular weight is 294 g/mol. The number of amides is 2. The summed E-state index contributed by atoms with van der Waals surface area (Å²) in [5, 5.41) is 11.5. The zero-order valence-corrected chi connectivity index (χ0v) is 12.4. The summed E-state index contributed by atoms with van der Waals surface area (Å²) in [7, 11) is 1.68. The summed E-state index contributed by atoms with van der Waals surface area (Å²) < 4.78 is 5.37. The first-order valence-electron chi connectivity index (χ1n) is 7.35. The number of rotatable bonds is 6. The average Bonchev–Trinajstić information content (AvgIpc) is 3.29. The molecule has 2 aliphatic rings. The lowest BCUT2D eigenvalue weighted by molar-refractivity contribution is -0.139. The van der Waals surface area contributed by atoms with Gasteiger partial charge in [-0.05, 0) is 12.8 Å². The van der Waals surface area contributed by atoms with Crippen molar-refractivity contribution < 1.29 is 14.3 Å². The maximum absolute atomic E-state index is 12.2. The second-order valence-electron chi connectivity index (χ2n) is 5.57. The molecule has 1 saturated heterocycles. The van der Waals surface area contributed by atoms with Crippen molar-refractivity contribution in [3.63, 3.8) is 0 Å². The molecule has 1 atom stereocenters. The van der Waals surface area contributed by atoms with Crippen LogP contribution < -0.4 is 5.32 Å². The molecular formula is C14H22N4O3. The molecule has 1 N–H and O–H groups in total. The lowest BCUT2D eigenvalue weighted by Gasteiger charge is -2.34. The number of nitrogens with zero attached hydrogens (tertiary/aromatic N) is 3. The number of likely N-dealkylation sites (N-methyl/N-ethyl adjacent to an activating group) is 1. The second-order valence-corrected chi connectivity index (χ2v) is 5.57. The molecule has 1 aliphatic heterocycles. The molecule has 0 radical (unpaired) electrons. The fourth-order valence-corrected chi connectivity index (χ4v) is 2.23. The summed E-state index contributed by atoms with van der Waals surface area (Å²) in [4.78, 5) is 27.7. The smallest absolute Gasteiger partial charge is 0.239 e. The molecule has 1 aliphatic carbocycles. The number of ether oxygens (including phenoxy) is 1. The minimum atomic E-state index is -0.396. The van der Waals surface area contributed by atoms with Crippen LogP contribution in [-0.2, 0) is 14.3 Å². The number of morpholine rings is 1. The van der Waals surface area contributed by atoms with Crippen molar-refractivity contribution in [3.8, 4) is 6.07 Å². The predicted octanol–water partition coefficient (Wildman–Crippen LogP) is -0.662. The van der Waals surface area contributed by atoms with Gasteiger partial charge in [0.1, 0.15) is 6.04 Å². The Hall–Kier alpha value is -1.65. The summed E-state index contributed by atoms with van der Waals surface area (Å²) in [6, 6.07) is 1.93. The van der Waals surface area contributed by atoms with Crippen molar-refractivity contribution in [3.05, 3.63) is 0 Å². The fourth-order valence-electron chi connectivity index (χ4n) is 2.23. The largest absolute Gasteiger partial charge is 0.378 e. The van der Waals surface area contributed by atoms with Crippen molar-refractivity contribution in [1.82, 2.24) is 15.1 Å². The van der Waals surface area contributed by atoms with Gasteiger partial charge in [-0.3, -0.25) is 14.5 Å². The molecule has 1 heterocycles. The van der Waals surface area contributed by atoms with Crippen LogP contribution in [0.4, 0.5) is 0 Å². The Kier molecular flexibility index (Phi) is 5.53. The van der Waals surface area contributed by atoms with Gasteiger partial charge in [-0.15, -0.1) is 0 Å². The summed E-state index contributed by atoms with van der Waals surface area (Å²) in [5.41, 5.74) is 0. The van der Waals surface area contributed by atoms with Gasteiger partial charge in [0.2, 0.25) is 11.8 Å². The van der Waals surface area contributed by atoms with Crippen LogP contribution in [0.2, 0.25) is 0 Å². The van der Waals surface area contributed by atoms with Crippen molar-refractivity contribution >= 4 is 11.8 Å². The van der Waals surface area contributed by atoms with E-state index in [1.54, 1.807) is 7.05 Å². The zero-order chi connectivity index (χ0) is 15.2. The van der Waals surface area contributed by atoms with Crippen molar-refractivity contribution in [2.75, 3.05) is 39.9 Å². The van der Waals surface area contributed by atoms with E-state index in [1.165, 1.54) is 4.90 Å². The van der Waals surface area contributed by atoms with Crippen LogP contribution in [0.3, 0.4) is 0 Å². The standard InChI is InChI=1S/C14H22N4O3/c1-17(6-2-5-15)13(19)9-18-7-8-21-10-12(18)14(20)16-11-3-4-11/h11-12H,2-4,6-10H2,1H3,(H,16,20). The molecule has 0 aromatic rings. The Morgan fingerprint density at radius 3 is 2.90 bits per heavy atom. The van der Waals surface area contributed by atoms with Crippen LogP contribution in [0.15, 0.2) is 0 Å². The number of nitriles is 1. The van der Waals surface area contributed by atoms with Gasteiger partial charge >= 0.3 is 0 Å². The molecule has 0 aromatic carbocycles. The van der Waals surface area contributed by atoms with E-state index in [4.69, 9.17) is 10.00 Å². The highest BCUT2D eigenvalue weighted by Crippen LogP contribution is 2.19. The highest BCUT2D eigenvalue weighted by Gasteiger charge is 2.34. The van der Waals surface area contributed by atoms with E-state index in [0.717, 1.165) is 12.8 Å². The van der Waals surface area contributed by atoms with Gasteiger partial charge in [0, 0.05) is 26.2 Å². The van der Waals surface area contributed by atoms with Crippen molar-refractivity contribution in [2.24, 2.45) is 0 Å². The van der Waals surface area contributed by atoms with E-state index in [9.17, 15) is 9.59 Å². The van der Waals surface area contributed by atoms with E-state index in [1.807, 2.05) is 11.0 Å². The third kappa shape index (κ3) is 4.69. The Labute approximate surface area is 124 Å². The van der Waals surface area contributed by atoms with E-state index < -0.39 is 6.04 Å². The number of carbonyl (C=O) groups is 2. The summed E-state index contributed by atoms with van der Waals surface area (Å²) in [6.07, 6.45) is 2.39. The SMILES string of the molecule is CN(CCC#N)C(=O)CN1CCOCC1C(=O)NC1CC1. The molecule has 1 unspecified atom stereocenters. The van der Waals surface area contributed by atoms with E-state index in [2.05, 4.69) is 5.32 Å². The first-order chi connectivity index (χ1) is 10.1. The van der Waals surface area contributed by atoms with Crippen molar-refractivity contribution in [2.45, 2.75) is 31.3 Å². The first kappa shape index (κ1) is 15.7. The molecule has 0 aromatic heterocycles. The third-order valence-corrected chi connectivity index (χ3v) is 3.79. The molecule has 7 nitrogen and oxygen atoms in total. The first-order valence-corrected chi connectivity index (χ1v) is 7.35. The Morgan fingerprint density at radius 1 is 1.48 bits per heavy atom. The molecular weight excluding hydrogens is 272 g/mol. The van der Waals surface area contributed by atoms with Crippen LogP contribution in [0.25, 0.3) is 0 Å². The van der Waals surface area contributed by atoms with Gasteiger partial charge in [-0.25, -0.2) is 0 Å². The van der Waals surface area contributed by atoms with Gasteiger partial charge in [0.15, 0.2) is 0 Å². The quantitative estimate of drug-likeness (QED) is 0.703. The van der Waals surface area contributed by atoms with Gasteiger partial charge in [0.25, 0.3) is 0 Å². The number of carbonyl (C=O) groups excluding carboxylic acids is 2. The highest BCUT2D eigenvalue weighted by molar-refractivity contribution is 5.84. The zero-order valence-electron chi connectivity index (χ0n) is 12.4. The highest BCUT2D eigenvalue weighted by atomic mass is 16.5. The molecule has 116 valence electrons. The number of hydrogen-bond acceptors (Lipinski definition) is 5. The maximum Gasteiger partial charge on any atom is 0.239 e. The molecule has 2 amide bonds. The van der Waals surface area contributed by atoms with Crippen LogP contribution in [-0.4, -0.2) is 73.6 Å². The molecule has 0 bridgehead atoms. The minimum absolute atomic E-state index is 0.0512. The molecule has 2 rings (SSSR count). The van der Waals surface area contributed by atoms with E-state index in [-0.39, 0.29) is 18.4 Å². The van der Waals surface area contributed by atoms with Crippen LogP contribution in [0, 0.1) is 11.3 Å². The molecule has 7 heteroatoms. The second kappa shape index (κ2) is 7.38. The van der Waals surface area contributed by atoms with Crippen LogP contribution in [0.1, 0.15) is 19.3 Å². The van der Waals surface area contributed by atoms with Gasteiger partial charge in [0.05, 0.1) is 32.2 Å². The Balaban J connectivity index is 1.87. The van der Waals surface area contributed by atoms with Gasteiger partial charge in [-0.1, -0.05) is 0 Å². The minimum Gasteiger partial charge on any atom is -0.378 e. The fraction of sp³-hybridized carbons (Fsp3) is 0.786. The van der Waals surface area contributed by atoms with Gasteiger partial charge in [-0.2, -0.15) is 5.26 Å². The molecule has 21 heavy (non-hydrogen) atoms. The molecule has 2 fully saturated rings. The summed E-state index contributed by atoms with van der Waals surface area (Å²) in [6.45, 7) is 2.03. The molecule has 1 saturated carbocycles. The Morgan fingerprint density at radius 2 is 2.24 bits per heavy atom.